The lowest BCUT2D eigenvalue weighted by atomic mass is 10.1. The molecule has 2 aliphatic rings. The van der Waals surface area contributed by atoms with Gasteiger partial charge in [0.15, 0.2) is 0 Å². The normalized spacial score (nSPS) is 28.8. The Hall–Kier alpha value is -0.870. The van der Waals surface area contributed by atoms with E-state index in [1.54, 1.807) is 0 Å². The highest BCUT2D eigenvalue weighted by atomic mass is 16.5. The smallest absolute Gasteiger partial charge is 0.251 e. The van der Waals surface area contributed by atoms with Crippen LogP contribution in [0.2, 0.25) is 0 Å². The lowest BCUT2D eigenvalue weighted by Gasteiger charge is -2.30. The van der Waals surface area contributed by atoms with Crippen molar-refractivity contribution in [2.45, 2.75) is 50.8 Å². The average molecular weight is 252 g/mol. The molecule has 102 valence electrons. The molecule has 2 saturated heterocycles. The summed E-state index contributed by atoms with van der Waals surface area (Å²) in [6.07, 6.45) is 5.64. The Morgan fingerprint density at radius 2 is 2.28 bits per heavy atom. The van der Waals surface area contributed by atoms with Crippen LogP contribution in [-0.4, -0.2) is 48.7 Å². The zero-order chi connectivity index (χ0) is 13.0. The average Bonchev–Trinajstić information content (AvgIpc) is 2.62. The number of amides is 1. The van der Waals surface area contributed by atoms with Gasteiger partial charge in [-0.2, -0.15) is 0 Å². The fraction of sp³-hybridized carbons (Fsp3) is 0.786. The van der Waals surface area contributed by atoms with Crippen LogP contribution in [0.4, 0.5) is 0 Å². The number of carbonyl (C=O) groups is 1. The molecule has 1 amide bonds. The Kier molecular flexibility index (Phi) is 4.78. The maximum absolute atomic E-state index is 12.5. The fourth-order valence-corrected chi connectivity index (χ4v) is 2.95. The van der Waals surface area contributed by atoms with E-state index in [9.17, 15) is 4.79 Å². The van der Waals surface area contributed by atoms with Crippen molar-refractivity contribution in [2.24, 2.45) is 0 Å². The van der Waals surface area contributed by atoms with Gasteiger partial charge >= 0.3 is 0 Å². The van der Waals surface area contributed by atoms with Crippen LogP contribution in [0.25, 0.3) is 0 Å². The molecule has 0 spiro atoms. The molecule has 3 atom stereocenters. The summed E-state index contributed by atoms with van der Waals surface area (Å²) in [7, 11) is 0. The predicted octanol–water partition coefficient (Wildman–Crippen LogP) is 1.32. The van der Waals surface area contributed by atoms with Gasteiger partial charge in [0.05, 0.1) is 6.61 Å². The van der Waals surface area contributed by atoms with Gasteiger partial charge in [-0.3, -0.25) is 4.79 Å². The largest absolute Gasteiger partial charge is 0.368 e. The molecule has 0 aliphatic carbocycles. The highest BCUT2D eigenvalue weighted by Gasteiger charge is 2.39. The Morgan fingerprint density at radius 3 is 3.06 bits per heavy atom. The lowest BCUT2D eigenvalue weighted by molar-refractivity contribution is -0.145. The summed E-state index contributed by atoms with van der Waals surface area (Å²) in [5, 5.41) is 3.41. The molecule has 3 unspecified atom stereocenters. The van der Waals surface area contributed by atoms with E-state index in [0.717, 1.165) is 38.8 Å². The molecule has 1 N–H and O–H groups in total. The second-order valence-electron chi connectivity index (χ2n) is 5.21. The predicted molar refractivity (Wildman–Crippen MR) is 71.4 cm³/mol. The molecular weight excluding hydrogens is 228 g/mol. The summed E-state index contributed by atoms with van der Waals surface area (Å²) in [4.78, 5) is 14.5. The second-order valence-corrected chi connectivity index (χ2v) is 5.21. The minimum atomic E-state index is -0.328. The first-order valence-electron chi connectivity index (χ1n) is 6.99. The molecule has 0 radical (unpaired) electrons. The van der Waals surface area contributed by atoms with Gasteiger partial charge in [0, 0.05) is 18.6 Å². The summed E-state index contributed by atoms with van der Waals surface area (Å²) in [6.45, 7) is 8.06. The second kappa shape index (κ2) is 6.34. The summed E-state index contributed by atoms with van der Waals surface area (Å²) < 4.78 is 5.58. The minimum absolute atomic E-state index is 0.162. The number of ether oxygens (including phenoxy) is 1. The van der Waals surface area contributed by atoms with Gasteiger partial charge < -0.3 is 15.0 Å². The van der Waals surface area contributed by atoms with Gasteiger partial charge in [0.2, 0.25) is 0 Å². The van der Waals surface area contributed by atoms with E-state index in [1.807, 2.05) is 13.0 Å². The van der Waals surface area contributed by atoms with Crippen LogP contribution >= 0.6 is 0 Å². The van der Waals surface area contributed by atoms with E-state index in [1.165, 1.54) is 0 Å². The Balaban J connectivity index is 1.92. The van der Waals surface area contributed by atoms with Gasteiger partial charge in [0.25, 0.3) is 5.91 Å². The van der Waals surface area contributed by atoms with E-state index in [0.29, 0.717) is 18.7 Å². The van der Waals surface area contributed by atoms with Gasteiger partial charge in [-0.1, -0.05) is 6.08 Å². The number of hydrogen-bond donors (Lipinski definition) is 1. The number of nitrogens with zero attached hydrogens (tertiary/aromatic N) is 1. The molecule has 0 aromatic rings. The van der Waals surface area contributed by atoms with Crippen molar-refractivity contribution in [3.8, 4) is 0 Å². The third-order valence-corrected chi connectivity index (χ3v) is 3.95. The van der Waals surface area contributed by atoms with Crippen molar-refractivity contribution in [1.82, 2.24) is 10.2 Å². The van der Waals surface area contributed by atoms with E-state index in [2.05, 4.69) is 16.8 Å². The topological polar surface area (TPSA) is 41.6 Å². The van der Waals surface area contributed by atoms with Crippen LogP contribution in [0, 0.1) is 0 Å². The summed E-state index contributed by atoms with van der Waals surface area (Å²) >= 11 is 0. The molecule has 4 heteroatoms. The molecular formula is C14H24N2O2. The standard InChI is InChI=1S/C14H24N2O2/c1-3-4-9-18-11(2)14(17)16-12-5-6-13(16)10-15-8-7-12/h3,11-13,15H,1,4-10H2,2H3. The van der Waals surface area contributed by atoms with Crippen LogP contribution in [0.5, 0.6) is 0 Å². The van der Waals surface area contributed by atoms with Gasteiger partial charge in [-0.05, 0) is 39.2 Å². The van der Waals surface area contributed by atoms with Crippen molar-refractivity contribution in [1.29, 1.82) is 0 Å². The highest BCUT2D eigenvalue weighted by molar-refractivity contribution is 5.81. The van der Waals surface area contributed by atoms with E-state index in [4.69, 9.17) is 4.74 Å². The lowest BCUT2D eigenvalue weighted by Crippen LogP contribution is -2.47. The quantitative estimate of drug-likeness (QED) is 0.593. The molecule has 2 aliphatic heterocycles. The SMILES string of the molecule is C=CCCOC(C)C(=O)N1C2CCNCC1CC2. The van der Waals surface area contributed by atoms with Crippen molar-refractivity contribution in [3.05, 3.63) is 12.7 Å². The molecule has 0 saturated carbocycles. The first-order chi connectivity index (χ1) is 8.74. The first kappa shape index (κ1) is 13.6. The molecule has 0 aromatic heterocycles. The maximum atomic E-state index is 12.5. The number of nitrogens with one attached hydrogen (secondary N) is 1. The summed E-state index contributed by atoms with van der Waals surface area (Å²) in [5.41, 5.74) is 0. The first-order valence-corrected chi connectivity index (χ1v) is 6.99. The Morgan fingerprint density at radius 1 is 1.50 bits per heavy atom. The number of fused-ring (bicyclic) bond motifs is 2. The van der Waals surface area contributed by atoms with Crippen LogP contribution in [0.1, 0.15) is 32.6 Å². The Labute approximate surface area is 109 Å². The van der Waals surface area contributed by atoms with E-state index in [-0.39, 0.29) is 12.0 Å². The maximum Gasteiger partial charge on any atom is 0.251 e. The molecule has 2 bridgehead atoms. The number of hydrogen-bond acceptors (Lipinski definition) is 3. The monoisotopic (exact) mass is 252 g/mol. The van der Waals surface area contributed by atoms with Crippen molar-refractivity contribution in [2.75, 3.05) is 19.7 Å². The van der Waals surface area contributed by atoms with Crippen molar-refractivity contribution < 1.29 is 9.53 Å². The van der Waals surface area contributed by atoms with Crippen molar-refractivity contribution >= 4 is 5.91 Å². The minimum Gasteiger partial charge on any atom is -0.368 e. The summed E-state index contributed by atoms with van der Waals surface area (Å²) in [5.74, 6) is 0.162. The zero-order valence-corrected chi connectivity index (χ0v) is 11.2. The van der Waals surface area contributed by atoms with Crippen LogP contribution in [0.15, 0.2) is 12.7 Å². The highest BCUT2D eigenvalue weighted by Crippen LogP contribution is 2.28. The van der Waals surface area contributed by atoms with Crippen molar-refractivity contribution in [3.63, 3.8) is 0 Å². The van der Waals surface area contributed by atoms with Crippen LogP contribution < -0.4 is 5.32 Å². The van der Waals surface area contributed by atoms with E-state index < -0.39 is 0 Å². The molecule has 18 heavy (non-hydrogen) atoms. The number of carbonyl (C=O) groups excluding carboxylic acids is 1. The van der Waals surface area contributed by atoms with E-state index >= 15 is 0 Å². The van der Waals surface area contributed by atoms with Gasteiger partial charge in [-0.15, -0.1) is 6.58 Å². The molecule has 0 aromatic carbocycles. The molecule has 2 heterocycles. The third-order valence-electron chi connectivity index (χ3n) is 3.95. The van der Waals surface area contributed by atoms with Crippen LogP contribution in [0.3, 0.4) is 0 Å². The number of rotatable bonds is 5. The molecule has 2 fully saturated rings. The van der Waals surface area contributed by atoms with Gasteiger partial charge in [0.1, 0.15) is 6.10 Å². The molecule has 2 rings (SSSR count). The summed E-state index contributed by atoms with van der Waals surface area (Å²) in [6, 6.07) is 0.790. The van der Waals surface area contributed by atoms with Crippen LogP contribution in [-0.2, 0) is 9.53 Å². The third kappa shape index (κ3) is 2.93. The molecule has 4 nitrogen and oxygen atoms in total. The van der Waals surface area contributed by atoms with Gasteiger partial charge in [-0.25, -0.2) is 0 Å². The fourth-order valence-electron chi connectivity index (χ4n) is 2.95. The zero-order valence-electron chi connectivity index (χ0n) is 11.2. The Bertz CT molecular complexity index is 292.